The third-order valence-electron chi connectivity index (χ3n) is 1.88. The van der Waals surface area contributed by atoms with Crippen LogP contribution in [0.1, 0.15) is 34.1 Å². The minimum atomic E-state index is -0.374. The monoisotopic (exact) mass is 200 g/mol. The summed E-state index contributed by atoms with van der Waals surface area (Å²) in [6.45, 7) is 7.69. The van der Waals surface area contributed by atoms with E-state index < -0.39 is 0 Å². The van der Waals surface area contributed by atoms with Crippen molar-refractivity contribution in [2.24, 2.45) is 0 Å². The zero-order chi connectivity index (χ0) is 11.1. The SMILES string of the molecule is CCC(=O)C(C)NC(=O)CNC(C)C. The highest BCUT2D eigenvalue weighted by Crippen LogP contribution is 1.89. The fourth-order valence-corrected chi connectivity index (χ4v) is 0.976. The summed E-state index contributed by atoms with van der Waals surface area (Å²) in [6, 6.07) is -0.0978. The molecule has 0 aliphatic carbocycles. The molecule has 0 spiro atoms. The molecule has 0 bridgehead atoms. The van der Waals surface area contributed by atoms with Crippen LogP contribution in [0.25, 0.3) is 0 Å². The van der Waals surface area contributed by atoms with Crippen LogP contribution in [-0.4, -0.2) is 30.3 Å². The first-order chi connectivity index (χ1) is 6.47. The maximum atomic E-state index is 11.3. The lowest BCUT2D eigenvalue weighted by atomic mass is 10.2. The van der Waals surface area contributed by atoms with E-state index in [1.807, 2.05) is 13.8 Å². The summed E-state index contributed by atoms with van der Waals surface area (Å²) >= 11 is 0. The Morgan fingerprint density at radius 1 is 1.21 bits per heavy atom. The zero-order valence-corrected chi connectivity index (χ0v) is 9.39. The van der Waals surface area contributed by atoms with Crippen LogP contribution in [0.4, 0.5) is 0 Å². The van der Waals surface area contributed by atoms with Crippen molar-refractivity contribution in [1.29, 1.82) is 0 Å². The average molecular weight is 200 g/mol. The first-order valence-corrected chi connectivity index (χ1v) is 5.02. The summed E-state index contributed by atoms with van der Waals surface area (Å²) in [5, 5.41) is 5.62. The summed E-state index contributed by atoms with van der Waals surface area (Å²) in [6.07, 6.45) is 0.457. The number of ketones is 1. The van der Waals surface area contributed by atoms with Crippen LogP contribution in [-0.2, 0) is 9.59 Å². The second-order valence-corrected chi connectivity index (χ2v) is 3.64. The fourth-order valence-electron chi connectivity index (χ4n) is 0.976. The van der Waals surface area contributed by atoms with Gasteiger partial charge in [0.15, 0.2) is 5.78 Å². The molecule has 0 radical (unpaired) electrons. The molecule has 0 aliphatic heterocycles. The van der Waals surface area contributed by atoms with Crippen LogP contribution in [0.15, 0.2) is 0 Å². The van der Waals surface area contributed by atoms with Gasteiger partial charge in [-0.1, -0.05) is 20.8 Å². The van der Waals surface area contributed by atoms with Crippen molar-refractivity contribution in [2.45, 2.75) is 46.2 Å². The van der Waals surface area contributed by atoms with Crippen LogP contribution < -0.4 is 10.6 Å². The molecule has 82 valence electrons. The Kier molecular flexibility index (Phi) is 6.12. The van der Waals surface area contributed by atoms with Gasteiger partial charge in [0.05, 0.1) is 12.6 Å². The van der Waals surface area contributed by atoms with Gasteiger partial charge < -0.3 is 10.6 Å². The molecular formula is C10H20N2O2. The molecule has 0 rings (SSSR count). The predicted octanol–water partition coefficient (Wildman–Crippen LogP) is 0.468. The molecule has 0 heterocycles. The summed E-state index contributed by atoms with van der Waals surface area (Å²) in [7, 11) is 0. The number of nitrogens with one attached hydrogen (secondary N) is 2. The normalized spacial score (nSPS) is 12.6. The van der Waals surface area contributed by atoms with E-state index in [9.17, 15) is 9.59 Å². The average Bonchev–Trinajstić information content (AvgIpc) is 2.13. The summed E-state index contributed by atoms with van der Waals surface area (Å²) in [5.41, 5.74) is 0. The number of amides is 1. The Balaban J connectivity index is 3.77. The van der Waals surface area contributed by atoms with Gasteiger partial charge in [0.1, 0.15) is 0 Å². The number of carbonyl (C=O) groups excluding carboxylic acids is 2. The van der Waals surface area contributed by atoms with E-state index in [2.05, 4.69) is 10.6 Å². The van der Waals surface area contributed by atoms with E-state index in [4.69, 9.17) is 0 Å². The van der Waals surface area contributed by atoms with E-state index in [0.717, 1.165) is 0 Å². The number of Topliss-reactive ketones (excluding diaryl/α,β-unsaturated/α-hetero) is 1. The summed E-state index contributed by atoms with van der Waals surface area (Å²) in [4.78, 5) is 22.4. The van der Waals surface area contributed by atoms with Gasteiger partial charge in [-0.3, -0.25) is 9.59 Å². The Morgan fingerprint density at radius 2 is 1.79 bits per heavy atom. The van der Waals surface area contributed by atoms with Crippen molar-refractivity contribution in [2.75, 3.05) is 6.54 Å². The van der Waals surface area contributed by atoms with Gasteiger partial charge in [-0.05, 0) is 6.92 Å². The Hall–Kier alpha value is -0.900. The van der Waals surface area contributed by atoms with Gasteiger partial charge in [-0.2, -0.15) is 0 Å². The minimum absolute atomic E-state index is 0.0582. The van der Waals surface area contributed by atoms with Gasteiger partial charge in [-0.15, -0.1) is 0 Å². The maximum Gasteiger partial charge on any atom is 0.234 e. The molecule has 1 unspecified atom stereocenters. The molecule has 0 aromatic rings. The van der Waals surface area contributed by atoms with Crippen molar-refractivity contribution in [1.82, 2.24) is 10.6 Å². The number of carbonyl (C=O) groups is 2. The van der Waals surface area contributed by atoms with Gasteiger partial charge in [-0.25, -0.2) is 0 Å². The van der Waals surface area contributed by atoms with Crippen molar-refractivity contribution in [3.8, 4) is 0 Å². The van der Waals surface area contributed by atoms with E-state index in [1.165, 1.54) is 0 Å². The summed E-state index contributed by atoms with van der Waals surface area (Å²) in [5.74, 6) is -0.0732. The van der Waals surface area contributed by atoms with Crippen LogP contribution in [0, 0.1) is 0 Å². The zero-order valence-electron chi connectivity index (χ0n) is 9.39. The Bertz CT molecular complexity index is 202. The van der Waals surface area contributed by atoms with Gasteiger partial charge >= 0.3 is 0 Å². The molecule has 0 saturated carbocycles. The molecule has 0 fully saturated rings. The van der Waals surface area contributed by atoms with Crippen LogP contribution in [0.5, 0.6) is 0 Å². The highest BCUT2D eigenvalue weighted by atomic mass is 16.2. The lowest BCUT2D eigenvalue weighted by Gasteiger charge is -2.13. The number of hydrogen-bond donors (Lipinski definition) is 2. The standard InChI is InChI=1S/C10H20N2O2/c1-5-9(13)8(4)12-10(14)6-11-7(2)3/h7-8,11H,5-6H2,1-4H3,(H,12,14). The largest absolute Gasteiger partial charge is 0.345 e. The highest BCUT2D eigenvalue weighted by molar-refractivity contribution is 5.89. The smallest absolute Gasteiger partial charge is 0.234 e. The number of rotatable bonds is 6. The molecule has 0 aromatic heterocycles. The van der Waals surface area contributed by atoms with Crippen molar-refractivity contribution < 1.29 is 9.59 Å². The lowest BCUT2D eigenvalue weighted by Crippen LogP contribution is -2.43. The first-order valence-electron chi connectivity index (χ1n) is 5.02. The topological polar surface area (TPSA) is 58.2 Å². The predicted molar refractivity (Wildman–Crippen MR) is 56.0 cm³/mol. The third kappa shape index (κ3) is 5.70. The van der Waals surface area contributed by atoms with Gasteiger partial charge in [0, 0.05) is 12.5 Å². The van der Waals surface area contributed by atoms with Gasteiger partial charge in [0.25, 0.3) is 0 Å². The lowest BCUT2D eigenvalue weighted by molar-refractivity contribution is -0.126. The second kappa shape index (κ2) is 6.54. The van der Waals surface area contributed by atoms with E-state index in [-0.39, 0.29) is 30.3 Å². The van der Waals surface area contributed by atoms with E-state index in [1.54, 1.807) is 13.8 Å². The van der Waals surface area contributed by atoms with Crippen molar-refractivity contribution >= 4 is 11.7 Å². The maximum absolute atomic E-state index is 11.3. The molecule has 1 atom stereocenters. The van der Waals surface area contributed by atoms with Crippen molar-refractivity contribution in [3.63, 3.8) is 0 Å². The molecule has 4 heteroatoms. The summed E-state index contributed by atoms with van der Waals surface area (Å²) < 4.78 is 0. The Labute approximate surface area is 85.4 Å². The van der Waals surface area contributed by atoms with Crippen LogP contribution in [0.3, 0.4) is 0 Å². The Morgan fingerprint density at radius 3 is 2.21 bits per heavy atom. The third-order valence-corrected chi connectivity index (χ3v) is 1.88. The molecule has 1 amide bonds. The fraction of sp³-hybridized carbons (Fsp3) is 0.800. The van der Waals surface area contributed by atoms with Crippen molar-refractivity contribution in [3.05, 3.63) is 0 Å². The van der Waals surface area contributed by atoms with Crippen LogP contribution >= 0.6 is 0 Å². The molecule has 2 N–H and O–H groups in total. The molecule has 0 aromatic carbocycles. The number of hydrogen-bond acceptors (Lipinski definition) is 3. The molecule has 14 heavy (non-hydrogen) atoms. The highest BCUT2D eigenvalue weighted by Gasteiger charge is 2.12. The van der Waals surface area contributed by atoms with Crippen LogP contribution in [0.2, 0.25) is 0 Å². The molecule has 0 saturated heterocycles. The van der Waals surface area contributed by atoms with E-state index >= 15 is 0 Å². The van der Waals surface area contributed by atoms with E-state index in [0.29, 0.717) is 6.42 Å². The molecular weight excluding hydrogens is 180 g/mol. The molecule has 4 nitrogen and oxygen atoms in total. The minimum Gasteiger partial charge on any atom is -0.345 e. The molecule has 0 aliphatic rings. The second-order valence-electron chi connectivity index (χ2n) is 3.64. The first kappa shape index (κ1) is 13.1. The quantitative estimate of drug-likeness (QED) is 0.655. The van der Waals surface area contributed by atoms with Gasteiger partial charge in [0.2, 0.25) is 5.91 Å².